The molecule has 0 bridgehead atoms. The van der Waals surface area contributed by atoms with E-state index in [2.05, 4.69) is 31.9 Å². The van der Waals surface area contributed by atoms with Crippen molar-refractivity contribution in [2.45, 2.75) is 6.61 Å². The highest BCUT2D eigenvalue weighted by atomic mass is 79.9. The maximum absolute atomic E-state index is 13.1. The molecule has 0 radical (unpaired) electrons. The molecular formula is C24H16Br2Cl2N2O2S. The lowest BCUT2D eigenvalue weighted by atomic mass is 10.1. The van der Waals surface area contributed by atoms with E-state index in [0.717, 1.165) is 25.8 Å². The SMILES string of the molecule is CN1C(=S)N(c2ccccc2)C(=O)/C1=C/c1cc(Br)c(OCc2ccc(Cl)cc2Cl)c(Br)c1. The molecule has 0 unspecified atom stereocenters. The lowest BCUT2D eigenvalue weighted by Crippen LogP contribution is -2.30. The van der Waals surface area contributed by atoms with Crippen LogP contribution in [0.5, 0.6) is 5.75 Å². The van der Waals surface area contributed by atoms with Gasteiger partial charge in [0.15, 0.2) is 5.11 Å². The number of carbonyl (C=O) groups is 1. The van der Waals surface area contributed by atoms with Crippen LogP contribution in [0.1, 0.15) is 11.1 Å². The average Bonchev–Trinajstić information content (AvgIpc) is 2.98. The predicted molar refractivity (Wildman–Crippen MR) is 145 cm³/mol. The van der Waals surface area contributed by atoms with Crippen molar-refractivity contribution in [3.05, 3.63) is 96.5 Å². The van der Waals surface area contributed by atoms with Crippen LogP contribution >= 0.6 is 67.3 Å². The number of ether oxygens (including phenoxy) is 1. The fraction of sp³-hybridized carbons (Fsp3) is 0.0833. The standard InChI is InChI=1S/C24H16Br2Cl2N2O2S/c1-29-21(23(31)30(24(29)33)17-5-3-2-4-6-17)11-14-9-18(25)22(19(26)10-14)32-13-15-7-8-16(27)12-20(15)28/h2-12H,13H2,1H3/b21-11-. The van der Waals surface area contributed by atoms with Crippen LogP contribution in [0.15, 0.2) is 75.3 Å². The van der Waals surface area contributed by atoms with Gasteiger partial charge in [0.2, 0.25) is 0 Å². The summed E-state index contributed by atoms with van der Waals surface area (Å²) in [6.07, 6.45) is 1.80. The number of likely N-dealkylation sites (N-methyl/N-ethyl adjacent to an activating group) is 1. The van der Waals surface area contributed by atoms with Crippen molar-refractivity contribution >= 4 is 90.1 Å². The summed E-state index contributed by atoms with van der Waals surface area (Å²) in [5, 5.41) is 1.54. The topological polar surface area (TPSA) is 32.8 Å². The zero-order valence-electron chi connectivity index (χ0n) is 17.2. The minimum atomic E-state index is -0.182. The molecular weight excluding hydrogens is 611 g/mol. The number of benzene rings is 3. The second-order valence-electron chi connectivity index (χ2n) is 7.19. The van der Waals surface area contributed by atoms with E-state index in [1.165, 1.54) is 4.90 Å². The van der Waals surface area contributed by atoms with Crippen LogP contribution < -0.4 is 9.64 Å². The van der Waals surface area contributed by atoms with Gasteiger partial charge in [-0.1, -0.05) is 47.5 Å². The number of thiocarbonyl (C=S) groups is 1. The molecule has 0 aromatic heterocycles. The predicted octanol–water partition coefficient (Wildman–Crippen LogP) is 7.70. The number of anilines is 1. The van der Waals surface area contributed by atoms with Gasteiger partial charge < -0.3 is 9.64 Å². The van der Waals surface area contributed by atoms with Crippen LogP contribution in [0, 0.1) is 0 Å². The number of rotatable bonds is 5. The third kappa shape index (κ3) is 5.12. The summed E-state index contributed by atoms with van der Waals surface area (Å²) in [7, 11) is 1.78. The van der Waals surface area contributed by atoms with Gasteiger partial charge in [-0.15, -0.1) is 0 Å². The molecule has 33 heavy (non-hydrogen) atoms. The highest BCUT2D eigenvalue weighted by molar-refractivity contribution is 9.11. The van der Waals surface area contributed by atoms with E-state index in [4.69, 9.17) is 40.2 Å². The molecule has 1 amide bonds. The molecule has 9 heteroatoms. The lowest BCUT2D eigenvalue weighted by Gasteiger charge is -2.16. The summed E-state index contributed by atoms with van der Waals surface area (Å²) < 4.78 is 7.44. The number of carbonyl (C=O) groups excluding carboxylic acids is 1. The molecule has 0 spiro atoms. The summed E-state index contributed by atoms with van der Waals surface area (Å²) in [5.41, 5.74) is 2.83. The first-order chi connectivity index (χ1) is 15.8. The van der Waals surface area contributed by atoms with Crippen molar-refractivity contribution in [3.8, 4) is 5.75 Å². The quantitative estimate of drug-likeness (QED) is 0.215. The van der Waals surface area contributed by atoms with Crippen LogP contribution in [0.4, 0.5) is 5.69 Å². The summed E-state index contributed by atoms with van der Waals surface area (Å²) in [6, 6.07) is 18.4. The second kappa shape index (κ2) is 10.2. The Morgan fingerprint density at radius 2 is 1.70 bits per heavy atom. The van der Waals surface area contributed by atoms with Crippen LogP contribution in [-0.2, 0) is 11.4 Å². The molecule has 1 fully saturated rings. The van der Waals surface area contributed by atoms with E-state index in [1.807, 2.05) is 48.5 Å². The van der Waals surface area contributed by atoms with Crippen molar-refractivity contribution in [2.75, 3.05) is 11.9 Å². The van der Waals surface area contributed by atoms with Gasteiger partial charge in [-0.25, -0.2) is 0 Å². The Kier molecular flexibility index (Phi) is 7.46. The number of hydrogen-bond donors (Lipinski definition) is 0. The van der Waals surface area contributed by atoms with Gasteiger partial charge in [0.25, 0.3) is 5.91 Å². The molecule has 4 rings (SSSR count). The molecule has 0 saturated carbocycles. The van der Waals surface area contributed by atoms with Crippen LogP contribution in [0.3, 0.4) is 0 Å². The summed E-state index contributed by atoms with van der Waals surface area (Å²) >= 11 is 24.9. The molecule has 1 saturated heterocycles. The molecule has 4 nitrogen and oxygen atoms in total. The molecule has 1 aliphatic rings. The molecule has 0 atom stereocenters. The van der Waals surface area contributed by atoms with Gasteiger partial charge in [-0.05, 0) is 92.1 Å². The van der Waals surface area contributed by atoms with Crippen LogP contribution in [-0.4, -0.2) is 23.0 Å². The normalized spacial score (nSPS) is 15.0. The summed E-state index contributed by atoms with van der Waals surface area (Å²) in [6.45, 7) is 0.273. The molecule has 1 heterocycles. The average molecular weight is 627 g/mol. The highest BCUT2D eigenvalue weighted by Crippen LogP contribution is 2.37. The number of halogens is 4. The summed E-state index contributed by atoms with van der Waals surface area (Å²) in [5.74, 6) is 0.439. The van der Waals surface area contributed by atoms with Crippen molar-refractivity contribution in [2.24, 2.45) is 0 Å². The molecule has 0 aliphatic carbocycles. The fourth-order valence-electron chi connectivity index (χ4n) is 3.31. The Morgan fingerprint density at radius 3 is 2.33 bits per heavy atom. The maximum atomic E-state index is 13.1. The molecule has 1 aliphatic heterocycles. The molecule has 3 aromatic carbocycles. The van der Waals surface area contributed by atoms with Gasteiger partial charge >= 0.3 is 0 Å². The number of amides is 1. The first-order valence-electron chi connectivity index (χ1n) is 9.71. The van der Waals surface area contributed by atoms with Crippen LogP contribution in [0.25, 0.3) is 6.08 Å². The smallest absolute Gasteiger partial charge is 0.281 e. The molecule has 168 valence electrons. The van der Waals surface area contributed by atoms with E-state index in [1.54, 1.807) is 30.2 Å². The maximum Gasteiger partial charge on any atom is 0.281 e. The van der Waals surface area contributed by atoms with E-state index in [-0.39, 0.29) is 12.5 Å². The first-order valence-corrected chi connectivity index (χ1v) is 12.5. The van der Waals surface area contributed by atoms with E-state index in [0.29, 0.717) is 26.6 Å². The monoisotopic (exact) mass is 624 g/mol. The third-order valence-corrected chi connectivity index (χ3v) is 7.21. The van der Waals surface area contributed by atoms with Crippen molar-refractivity contribution in [1.82, 2.24) is 4.90 Å². The summed E-state index contributed by atoms with van der Waals surface area (Å²) in [4.78, 5) is 16.4. The minimum absolute atomic E-state index is 0.182. The van der Waals surface area contributed by atoms with E-state index < -0.39 is 0 Å². The Hall–Kier alpha value is -1.90. The van der Waals surface area contributed by atoms with Crippen molar-refractivity contribution in [3.63, 3.8) is 0 Å². The minimum Gasteiger partial charge on any atom is -0.486 e. The zero-order valence-corrected chi connectivity index (χ0v) is 22.7. The first kappa shape index (κ1) is 24.2. The fourth-order valence-corrected chi connectivity index (χ4v) is 5.51. The van der Waals surface area contributed by atoms with Gasteiger partial charge in [0.1, 0.15) is 18.1 Å². The largest absolute Gasteiger partial charge is 0.486 e. The van der Waals surface area contributed by atoms with E-state index in [9.17, 15) is 4.79 Å². The van der Waals surface area contributed by atoms with Crippen molar-refractivity contribution < 1.29 is 9.53 Å². The van der Waals surface area contributed by atoms with Gasteiger partial charge in [0, 0.05) is 22.7 Å². The Bertz CT molecular complexity index is 1260. The highest BCUT2D eigenvalue weighted by Gasteiger charge is 2.36. The van der Waals surface area contributed by atoms with E-state index >= 15 is 0 Å². The Morgan fingerprint density at radius 1 is 1.03 bits per heavy atom. The Balaban J connectivity index is 1.59. The van der Waals surface area contributed by atoms with Gasteiger partial charge in [-0.2, -0.15) is 0 Å². The Labute approximate surface area is 224 Å². The van der Waals surface area contributed by atoms with Crippen LogP contribution in [0.2, 0.25) is 10.0 Å². The van der Waals surface area contributed by atoms with Gasteiger partial charge in [-0.3, -0.25) is 9.69 Å². The number of hydrogen-bond acceptors (Lipinski definition) is 3. The van der Waals surface area contributed by atoms with Gasteiger partial charge in [0.05, 0.1) is 14.6 Å². The lowest BCUT2D eigenvalue weighted by molar-refractivity contribution is -0.114. The second-order valence-corrected chi connectivity index (χ2v) is 10.1. The molecule has 3 aromatic rings. The number of nitrogens with zero attached hydrogens (tertiary/aromatic N) is 2. The third-order valence-electron chi connectivity index (χ3n) is 4.99. The number of para-hydroxylation sites is 1. The van der Waals surface area contributed by atoms with Crippen molar-refractivity contribution in [1.29, 1.82) is 0 Å². The molecule has 0 N–H and O–H groups in total. The zero-order chi connectivity index (χ0) is 23.7.